The molecule has 1 saturated heterocycles. The molecule has 1 amide bonds. The lowest BCUT2D eigenvalue weighted by Gasteiger charge is -2.40. The molecule has 11 heteroatoms. The molecule has 7 unspecified atom stereocenters. The Bertz CT molecular complexity index is 1670. The van der Waals surface area contributed by atoms with Gasteiger partial charge in [0, 0.05) is 12.8 Å². The second-order valence-electron chi connectivity index (χ2n) is 27.8. The molecule has 11 nitrogen and oxygen atoms in total. The number of allylic oxidation sites excluding steroid dienone is 7. The number of aliphatic hydroxyl groups excluding tert-OH is 5. The van der Waals surface area contributed by atoms with E-state index in [1.54, 1.807) is 6.08 Å². The number of esters is 1. The lowest BCUT2D eigenvalue weighted by atomic mass is 9.99. The Morgan fingerprint density at radius 3 is 1.11 bits per heavy atom. The van der Waals surface area contributed by atoms with Gasteiger partial charge in [0.15, 0.2) is 6.29 Å². The van der Waals surface area contributed by atoms with Crippen molar-refractivity contribution < 1.29 is 49.3 Å². The Hall–Kier alpha value is -2.38. The van der Waals surface area contributed by atoms with Crippen molar-refractivity contribution in [2.45, 2.75) is 436 Å². The van der Waals surface area contributed by atoms with Crippen LogP contribution in [0.5, 0.6) is 0 Å². The fourth-order valence-electron chi connectivity index (χ4n) is 12.6. The number of rotatable bonds is 71. The predicted molar refractivity (Wildman–Crippen MR) is 389 cm³/mol. The molecule has 1 fully saturated rings. The van der Waals surface area contributed by atoms with Gasteiger partial charge in [-0.25, -0.2) is 0 Å². The summed E-state index contributed by atoms with van der Waals surface area (Å²) in [6, 6.07) is -0.807. The van der Waals surface area contributed by atoms with Gasteiger partial charge in [-0.15, -0.1) is 0 Å². The zero-order valence-electron chi connectivity index (χ0n) is 60.3. The Balaban J connectivity index is 1.87. The van der Waals surface area contributed by atoms with Gasteiger partial charge in [-0.05, 0) is 89.9 Å². The second kappa shape index (κ2) is 70.0. The first kappa shape index (κ1) is 87.6. The minimum atomic E-state index is -1.57. The fourth-order valence-corrected chi connectivity index (χ4v) is 12.6. The Morgan fingerprint density at radius 1 is 0.402 bits per heavy atom. The van der Waals surface area contributed by atoms with E-state index in [1.165, 1.54) is 302 Å². The maximum atomic E-state index is 13.0. The van der Waals surface area contributed by atoms with Gasteiger partial charge in [-0.1, -0.05) is 339 Å². The van der Waals surface area contributed by atoms with Crippen molar-refractivity contribution in [3.63, 3.8) is 0 Å². The molecular weight excluding hydrogens is 1150 g/mol. The molecule has 1 rings (SSSR count). The average molecular weight is 1300 g/mol. The normalized spacial score (nSPS) is 17.8. The standard InChI is InChI=1S/C81H151NO10/c1-3-5-7-9-11-13-15-16-42-46-49-53-57-61-65-69-77(86)90-70-66-62-58-54-50-47-44-41-39-37-35-33-31-29-27-25-23-21-19-17-18-20-22-24-26-28-30-32-34-36-38-40-43-45-48-52-56-60-64-68-76(85)82-73(72-91-81-80(89)79(88)78(87)75(71-83)92-81)74(84)67-63-59-55-51-14-12-10-8-6-4-2/h16-18,21,23,42,63,67,73-75,78-81,83-84,87-89H,3-15,19-20,22,24-41,43-62,64-66,68-72H2,1-2H3,(H,82,85)/b18-17-,23-21-,42-16-,67-63+. The molecule has 0 aliphatic carbocycles. The van der Waals surface area contributed by atoms with E-state index in [0.29, 0.717) is 19.4 Å². The highest BCUT2D eigenvalue weighted by molar-refractivity contribution is 5.76. The van der Waals surface area contributed by atoms with E-state index in [2.05, 4.69) is 55.6 Å². The summed E-state index contributed by atoms with van der Waals surface area (Å²) >= 11 is 0. The van der Waals surface area contributed by atoms with Crippen LogP contribution in [-0.4, -0.2) is 100 Å². The molecule has 6 N–H and O–H groups in total. The van der Waals surface area contributed by atoms with E-state index in [-0.39, 0.29) is 18.5 Å². The zero-order chi connectivity index (χ0) is 66.5. The molecule has 92 heavy (non-hydrogen) atoms. The quantitative estimate of drug-likeness (QED) is 0.0195. The Labute approximate surface area is 567 Å². The van der Waals surface area contributed by atoms with Crippen molar-refractivity contribution in [1.82, 2.24) is 5.32 Å². The number of amides is 1. The van der Waals surface area contributed by atoms with E-state index < -0.39 is 49.5 Å². The third-order valence-corrected chi connectivity index (χ3v) is 18.9. The van der Waals surface area contributed by atoms with Crippen molar-refractivity contribution >= 4 is 11.9 Å². The molecule has 1 heterocycles. The first-order valence-electron chi connectivity index (χ1n) is 39.9. The van der Waals surface area contributed by atoms with E-state index >= 15 is 0 Å². The maximum Gasteiger partial charge on any atom is 0.305 e. The van der Waals surface area contributed by atoms with Crippen LogP contribution < -0.4 is 5.32 Å². The molecule has 0 spiro atoms. The summed E-state index contributed by atoms with van der Waals surface area (Å²) in [5, 5.41) is 54.4. The van der Waals surface area contributed by atoms with Gasteiger partial charge in [0.05, 0.1) is 32.0 Å². The fraction of sp³-hybridized carbons (Fsp3) is 0.877. The van der Waals surface area contributed by atoms with Crippen molar-refractivity contribution in [2.24, 2.45) is 0 Å². The van der Waals surface area contributed by atoms with Gasteiger partial charge < -0.3 is 45.1 Å². The van der Waals surface area contributed by atoms with Gasteiger partial charge in [-0.3, -0.25) is 9.59 Å². The monoisotopic (exact) mass is 1300 g/mol. The SMILES string of the molecule is CCCCCCCC/C=C\CCCCCCCC(=O)OCCCCCCCCCCCCCCCCC/C=C\C/C=C\CCCCCCCCCCCCCCCCCCCC(=O)NC(COC1OC(CO)C(O)C(O)C1O)C(O)/C=C/CCCCCCCCCC. The van der Waals surface area contributed by atoms with Crippen molar-refractivity contribution in [1.29, 1.82) is 0 Å². The molecule has 0 saturated carbocycles. The molecule has 1 aliphatic heterocycles. The molecule has 0 bridgehead atoms. The average Bonchev–Trinajstić information content (AvgIpc) is 1.08. The van der Waals surface area contributed by atoms with Crippen molar-refractivity contribution in [3.8, 4) is 0 Å². The first-order valence-corrected chi connectivity index (χ1v) is 39.9. The van der Waals surface area contributed by atoms with Crippen LogP contribution in [0.15, 0.2) is 48.6 Å². The number of aliphatic hydroxyl groups is 5. The van der Waals surface area contributed by atoms with Crippen molar-refractivity contribution in [2.75, 3.05) is 19.8 Å². The van der Waals surface area contributed by atoms with Crippen LogP contribution >= 0.6 is 0 Å². The summed E-state index contributed by atoms with van der Waals surface area (Å²) in [6.07, 6.45) is 83.0. The van der Waals surface area contributed by atoms with Gasteiger partial charge in [0.25, 0.3) is 0 Å². The van der Waals surface area contributed by atoms with Crippen LogP contribution in [-0.2, 0) is 23.8 Å². The molecule has 0 aromatic carbocycles. The van der Waals surface area contributed by atoms with Crippen LogP contribution in [0.4, 0.5) is 0 Å². The molecule has 0 aromatic rings. The van der Waals surface area contributed by atoms with E-state index in [9.17, 15) is 35.1 Å². The molecule has 0 radical (unpaired) electrons. The number of hydrogen-bond donors (Lipinski definition) is 6. The zero-order valence-corrected chi connectivity index (χ0v) is 60.3. The van der Waals surface area contributed by atoms with Gasteiger partial charge >= 0.3 is 5.97 Å². The summed E-state index contributed by atoms with van der Waals surface area (Å²) in [5.74, 6) is -0.171. The summed E-state index contributed by atoms with van der Waals surface area (Å²) in [7, 11) is 0. The van der Waals surface area contributed by atoms with Crippen LogP contribution in [0.2, 0.25) is 0 Å². The predicted octanol–water partition coefficient (Wildman–Crippen LogP) is 21.5. The molecule has 0 aromatic heterocycles. The van der Waals surface area contributed by atoms with Gasteiger partial charge in [0.2, 0.25) is 5.91 Å². The lowest BCUT2D eigenvalue weighted by molar-refractivity contribution is -0.302. The van der Waals surface area contributed by atoms with Crippen LogP contribution in [0, 0.1) is 0 Å². The minimum absolute atomic E-state index is 0.00699. The Morgan fingerprint density at radius 2 is 0.728 bits per heavy atom. The van der Waals surface area contributed by atoms with E-state index in [4.69, 9.17) is 14.2 Å². The number of carbonyl (C=O) groups is 2. The van der Waals surface area contributed by atoms with Crippen LogP contribution in [0.25, 0.3) is 0 Å². The van der Waals surface area contributed by atoms with Crippen LogP contribution in [0.1, 0.15) is 393 Å². The highest BCUT2D eigenvalue weighted by atomic mass is 16.7. The molecule has 540 valence electrons. The third kappa shape index (κ3) is 57.8. The highest BCUT2D eigenvalue weighted by Crippen LogP contribution is 2.24. The molecular formula is C81H151NO10. The van der Waals surface area contributed by atoms with E-state index in [1.807, 2.05) is 6.08 Å². The third-order valence-electron chi connectivity index (χ3n) is 18.9. The summed E-state index contributed by atoms with van der Waals surface area (Å²) < 4.78 is 16.7. The minimum Gasteiger partial charge on any atom is -0.466 e. The highest BCUT2D eigenvalue weighted by Gasteiger charge is 2.44. The van der Waals surface area contributed by atoms with Gasteiger partial charge in [0.1, 0.15) is 24.4 Å². The van der Waals surface area contributed by atoms with E-state index in [0.717, 1.165) is 64.2 Å². The summed E-state index contributed by atoms with van der Waals surface area (Å²) in [4.78, 5) is 25.1. The van der Waals surface area contributed by atoms with Gasteiger partial charge in [-0.2, -0.15) is 0 Å². The number of carbonyl (C=O) groups excluding carboxylic acids is 2. The molecule has 7 atom stereocenters. The number of nitrogens with one attached hydrogen (secondary N) is 1. The Kier molecular flexibility index (Phi) is 66.6. The van der Waals surface area contributed by atoms with Crippen molar-refractivity contribution in [3.05, 3.63) is 48.6 Å². The number of unbranched alkanes of at least 4 members (excludes halogenated alkanes) is 51. The first-order chi connectivity index (χ1) is 45.2. The largest absolute Gasteiger partial charge is 0.466 e. The summed E-state index contributed by atoms with van der Waals surface area (Å²) in [6.45, 7) is 4.36. The van der Waals surface area contributed by atoms with Crippen LogP contribution in [0.3, 0.4) is 0 Å². The number of hydrogen-bond acceptors (Lipinski definition) is 10. The topological polar surface area (TPSA) is 175 Å². The molecule has 1 aliphatic rings. The summed E-state index contributed by atoms with van der Waals surface area (Å²) in [5.41, 5.74) is 0. The maximum absolute atomic E-state index is 13.0. The smallest absolute Gasteiger partial charge is 0.305 e. The second-order valence-corrected chi connectivity index (χ2v) is 27.8. The lowest BCUT2D eigenvalue weighted by Crippen LogP contribution is -2.60. The number of ether oxygens (including phenoxy) is 3.